The SMILES string of the molecule is CCSCC[N-]Cc1ccccc1[PH+](c1ccccc1)c1ccccc1.[Cl][Ru][Cl].c1ccc([PH+](c2ccccc2)c2ccccc2)cc1. The largest absolute Gasteiger partial charge is 0.102 e. The maximum absolute atomic E-state index is 4.85. The van der Waals surface area contributed by atoms with Crippen LogP contribution in [0.2, 0.25) is 0 Å². The first-order valence-electron chi connectivity index (χ1n) is 15.9. The average molecular weight is 815 g/mol. The summed E-state index contributed by atoms with van der Waals surface area (Å²) in [5, 5.41) is 13.4. The molecule has 7 heteroatoms. The Morgan fingerprint density at radius 1 is 0.500 bits per heavy atom. The van der Waals surface area contributed by atoms with Gasteiger partial charge >= 0.3 is 34.5 Å². The Hall–Kier alpha value is -2.31. The quantitative estimate of drug-likeness (QED) is 0.0683. The predicted octanol–water partition coefficient (Wildman–Crippen LogP) is 9.36. The van der Waals surface area contributed by atoms with Crippen molar-refractivity contribution in [3.05, 3.63) is 187 Å². The molecule has 0 spiro atoms. The van der Waals surface area contributed by atoms with Gasteiger partial charge in [-0.1, -0.05) is 116 Å². The van der Waals surface area contributed by atoms with Crippen LogP contribution >= 0.6 is 47.0 Å². The molecule has 0 aliphatic heterocycles. The van der Waals surface area contributed by atoms with Gasteiger partial charge in [0.05, 0.1) is 15.8 Å². The summed E-state index contributed by atoms with van der Waals surface area (Å²) in [5.41, 5.74) is 1.37. The van der Waals surface area contributed by atoms with Crippen LogP contribution in [0.25, 0.3) is 5.32 Å². The van der Waals surface area contributed by atoms with Gasteiger partial charge in [0, 0.05) is 0 Å². The van der Waals surface area contributed by atoms with Crippen LogP contribution in [0.5, 0.6) is 0 Å². The van der Waals surface area contributed by atoms with E-state index < -0.39 is 15.8 Å². The predicted molar refractivity (Wildman–Crippen MR) is 220 cm³/mol. The molecule has 0 atom stereocenters. The smallest absolute Gasteiger partial charge is 0.0620 e. The standard InChI is InChI=1S/C23H25NPS.C18H15P.2ClH.Ru/c1-2-26-18-17-24-19-20-11-9-10-16-23(20)25(21-12-5-3-6-13-21)22-14-7-4-8-15-22;1-4-10-16(11-5-1)19(17-12-6-2-7-13-17)18-14-8-3-9-15-18;;;/h3-16H,2,17-19H2,1H3;1-15H;2*1H;/q-1;;;;+2. The molecule has 0 fully saturated rings. The monoisotopic (exact) mass is 814 g/mol. The van der Waals surface area contributed by atoms with E-state index in [4.69, 9.17) is 24.7 Å². The Morgan fingerprint density at radius 2 is 0.833 bits per heavy atom. The second kappa shape index (κ2) is 23.2. The minimum absolute atomic E-state index is 0.346. The molecule has 6 aromatic rings. The van der Waals surface area contributed by atoms with E-state index in [1.165, 1.54) is 43.1 Å². The van der Waals surface area contributed by atoms with Crippen LogP contribution in [0.3, 0.4) is 0 Å². The maximum Gasteiger partial charge on any atom is 0.102 e. The van der Waals surface area contributed by atoms with E-state index in [1.54, 1.807) is 0 Å². The van der Waals surface area contributed by atoms with Gasteiger partial charge in [0.1, 0.15) is 31.8 Å². The van der Waals surface area contributed by atoms with Crippen molar-refractivity contribution in [3.8, 4) is 0 Å². The molecule has 0 unspecified atom stereocenters. The molecule has 0 N–H and O–H groups in total. The molecule has 6 aromatic carbocycles. The summed E-state index contributed by atoms with van der Waals surface area (Å²) in [6.45, 7) is 3.95. The van der Waals surface area contributed by atoms with Crippen LogP contribution in [0.15, 0.2) is 176 Å². The molecule has 1 nitrogen and oxygen atoms in total. The number of hydrogen-bond acceptors (Lipinski definition) is 1. The summed E-state index contributed by atoms with van der Waals surface area (Å²) < 4.78 is 0. The molecule has 248 valence electrons. The van der Waals surface area contributed by atoms with Crippen LogP contribution in [-0.2, 0) is 21.7 Å². The van der Waals surface area contributed by atoms with Crippen LogP contribution in [0.4, 0.5) is 0 Å². The third-order valence-corrected chi connectivity index (χ3v) is 13.9. The van der Waals surface area contributed by atoms with Gasteiger partial charge in [0.2, 0.25) is 0 Å². The minimum atomic E-state index is -1.02. The molecule has 6 rings (SSSR count). The average Bonchev–Trinajstić information content (AvgIpc) is 3.15. The molecule has 0 radical (unpaired) electrons. The van der Waals surface area contributed by atoms with Crippen molar-refractivity contribution in [1.82, 2.24) is 0 Å². The molecule has 0 bridgehead atoms. The molecular formula is C41H42Cl2NP2RuS+. The Morgan fingerprint density at radius 3 is 1.21 bits per heavy atom. The van der Waals surface area contributed by atoms with Gasteiger partial charge in [0.25, 0.3) is 0 Å². The molecule has 0 amide bonds. The Bertz CT molecular complexity index is 1550. The zero-order valence-corrected chi connectivity index (χ0v) is 33.1. The van der Waals surface area contributed by atoms with Crippen molar-refractivity contribution in [1.29, 1.82) is 0 Å². The van der Waals surface area contributed by atoms with Gasteiger partial charge < -0.3 is 5.32 Å². The number of thioether (sulfide) groups is 1. The molecule has 48 heavy (non-hydrogen) atoms. The first-order valence-corrected chi connectivity index (χ1v) is 24.5. The normalized spacial score (nSPS) is 10.6. The minimum Gasteiger partial charge on any atom is -0.0620 e. The summed E-state index contributed by atoms with van der Waals surface area (Å²) in [6.07, 6.45) is 0. The molecule has 0 heterocycles. The van der Waals surface area contributed by atoms with Crippen molar-refractivity contribution < 1.29 is 15.1 Å². The molecule has 0 saturated carbocycles. The van der Waals surface area contributed by atoms with Crippen molar-refractivity contribution in [2.24, 2.45) is 0 Å². The third-order valence-electron chi connectivity index (χ3n) is 7.48. The first kappa shape index (κ1) is 38.5. The summed E-state index contributed by atoms with van der Waals surface area (Å²) in [6, 6.07) is 63.3. The van der Waals surface area contributed by atoms with Crippen LogP contribution < -0.4 is 31.8 Å². The molecule has 0 aromatic heterocycles. The summed E-state index contributed by atoms with van der Waals surface area (Å²) in [5.74, 6) is 2.29. The zero-order chi connectivity index (χ0) is 33.7. The second-order valence-electron chi connectivity index (χ2n) is 10.6. The van der Waals surface area contributed by atoms with E-state index in [-0.39, 0.29) is 15.1 Å². The zero-order valence-electron chi connectivity index (χ0n) is 27.0. The molecule has 0 saturated heterocycles. The molecule has 0 aliphatic carbocycles. The maximum atomic E-state index is 4.85. The number of benzene rings is 6. The summed E-state index contributed by atoms with van der Waals surface area (Å²) in [7, 11) is 7.81. The van der Waals surface area contributed by atoms with Crippen molar-refractivity contribution in [2.75, 3.05) is 18.1 Å². The topological polar surface area (TPSA) is 14.1 Å². The number of hydrogen-bond donors (Lipinski definition) is 0. The Balaban J connectivity index is 0.000000208. The summed E-state index contributed by atoms with van der Waals surface area (Å²) in [4.78, 5) is 0. The second-order valence-corrected chi connectivity index (χ2v) is 19.5. The molecule has 0 aliphatic rings. The van der Waals surface area contributed by atoms with E-state index >= 15 is 0 Å². The number of nitrogens with zero attached hydrogens (tertiary/aromatic N) is 1. The van der Waals surface area contributed by atoms with E-state index in [9.17, 15) is 0 Å². The van der Waals surface area contributed by atoms with E-state index in [2.05, 4.69) is 183 Å². The Labute approximate surface area is 310 Å². The van der Waals surface area contributed by atoms with Crippen molar-refractivity contribution in [2.45, 2.75) is 13.5 Å². The van der Waals surface area contributed by atoms with Gasteiger partial charge in [-0.05, 0) is 83.8 Å². The number of halogens is 2. The third kappa shape index (κ3) is 12.5. The van der Waals surface area contributed by atoms with E-state index in [1.807, 2.05) is 11.8 Å². The van der Waals surface area contributed by atoms with Crippen LogP contribution in [-0.4, -0.2) is 18.1 Å². The fourth-order valence-electron chi connectivity index (χ4n) is 5.38. The van der Waals surface area contributed by atoms with Crippen molar-refractivity contribution in [3.63, 3.8) is 0 Å². The van der Waals surface area contributed by atoms with E-state index in [0.717, 1.165) is 18.8 Å². The number of rotatable bonds is 12. The summed E-state index contributed by atoms with van der Waals surface area (Å²) >= 11 is 1.61. The molecular weight excluding hydrogens is 772 g/mol. The van der Waals surface area contributed by atoms with Gasteiger partial charge in [0.15, 0.2) is 0 Å². The van der Waals surface area contributed by atoms with Gasteiger partial charge in [-0.2, -0.15) is 11.8 Å². The first-order chi connectivity index (χ1) is 23.8. The van der Waals surface area contributed by atoms with Gasteiger partial charge in [-0.15, -0.1) is 13.1 Å². The van der Waals surface area contributed by atoms with Gasteiger partial charge in [-0.25, -0.2) is 0 Å². The fourth-order valence-corrected chi connectivity index (χ4v) is 11.3. The van der Waals surface area contributed by atoms with E-state index in [0.29, 0.717) is 0 Å². The van der Waals surface area contributed by atoms with Gasteiger partial charge in [-0.3, -0.25) is 0 Å². The van der Waals surface area contributed by atoms with Crippen LogP contribution in [0, 0.1) is 0 Å². The van der Waals surface area contributed by atoms with Crippen LogP contribution in [0.1, 0.15) is 12.5 Å². The fraction of sp³-hybridized carbons (Fsp3) is 0.122. The Kier molecular flexibility index (Phi) is 18.6. The van der Waals surface area contributed by atoms with Crippen molar-refractivity contribution >= 4 is 78.8 Å².